The standard InChI is InChI=1S/C27H27N/c1-27(2,3)21-16-18-22(19-17-21)28(4)26-15-8-7-13-25(26)24-14-9-11-20-10-5-6-12-23(20)24/h5-19H,1-4H3. The van der Waals surface area contributed by atoms with Crippen molar-refractivity contribution in [2.75, 3.05) is 11.9 Å². The summed E-state index contributed by atoms with van der Waals surface area (Å²) in [6.07, 6.45) is 0. The summed E-state index contributed by atoms with van der Waals surface area (Å²) in [6.45, 7) is 6.75. The minimum Gasteiger partial charge on any atom is -0.344 e. The minimum absolute atomic E-state index is 0.165. The maximum Gasteiger partial charge on any atom is 0.0487 e. The van der Waals surface area contributed by atoms with E-state index >= 15 is 0 Å². The predicted molar refractivity (Wildman–Crippen MR) is 123 cm³/mol. The van der Waals surface area contributed by atoms with Gasteiger partial charge in [0, 0.05) is 24.0 Å². The topological polar surface area (TPSA) is 3.24 Å². The Bertz CT molecular complexity index is 1100. The van der Waals surface area contributed by atoms with Crippen molar-refractivity contribution < 1.29 is 0 Å². The second kappa shape index (κ2) is 7.16. The van der Waals surface area contributed by atoms with Gasteiger partial charge in [-0.3, -0.25) is 0 Å². The summed E-state index contributed by atoms with van der Waals surface area (Å²) in [6, 6.07) is 32.7. The molecule has 0 saturated heterocycles. The zero-order chi connectivity index (χ0) is 19.7. The molecule has 0 N–H and O–H groups in total. The van der Waals surface area contributed by atoms with Crippen molar-refractivity contribution in [2.45, 2.75) is 26.2 Å². The second-order valence-electron chi connectivity index (χ2n) is 8.40. The molecule has 4 aromatic carbocycles. The van der Waals surface area contributed by atoms with Crippen molar-refractivity contribution in [3.63, 3.8) is 0 Å². The Morgan fingerprint density at radius 2 is 1.21 bits per heavy atom. The van der Waals surface area contributed by atoms with E-state index in [0.29, 0.717) is 0 Å². The van der Waals surface area contributed by atoms with Gasteiger partial charge in [0.25, 0.3) is 0 Å². The van der Waals surface area contributed by atoms with Crippen molar-refractivity contribution in [1.29, 1.82) is 0 Å². The Kier molecular flexibility index (Phi) is 4.68. The maximum absolute atomic E-state index is 2.28. The van der Waals surface area contributed by atoms with Gasteiger partial charge in [-0.2, -0.15) is 0 Å². The molecular weight excluding hydrogens is 338 g/mol. The Morgan fingerprint density at radius 1 is 0.607 bits per heavy atom. The Balaban J connectivity index is 1.80. The third-order valence-corrected chi connectivity index (χ3v) is 5.47. The molecule has 0 unspecified atom stereocenters. The molecule has 0 saturated carbocycles. The zero-order valence-corrected chi connectivity index (χ0v) is 17.1. The normalized spacial score (nSPS) is 11.6. The van der Waals surface area contributed by atoms with E-state index in [1.54, 1.807) is 0 Å². The quantitative estimate of drug-likeness (QED) is 0.362. The summed E-state index contributed by atoms with van der Waals surface area (Å²) in [5.41, 5.74) is 6.45. The van der Waals surface area contributed by atoms with Crippen LogP contribution >= 0.6 is 0 Å². The van der Waals surface area contributed by atoms with Gasteiger partial charge >= 0.3 is 0 Å². The predicted octanol–water partition coefficient (Wildman–Crippen LogP) is 7.57. The van der Waals surface area contributed by atoms with Crippen LogP contribution < -0.4 is 4.90 Å². The van der Waals surface area contributed by atoms with Gasteiger partial charge in [-0.25, -0.2) is 0 Å². The summed E-state index contributed by atoms with van der Waals surface area (Å²) in [4.78, 5) is 2.28. The highest BCUT2D eigenvalue weighted by Crippen LogP contribution is 2.38. The van der Waals surface area contributed by atoms with Gasteiger partial charge in [-0.05, 0) is 45.5 Å². The van der Waals surface area contributed by atoms with Crippen molar-refractivity contribution in [3.05, 3.63) is 96.6 Å². The van der Waals surface area contributed by atoms with Crippen LogP contribution in [0.4, 0.5) is 11.4 Å². The van der Waals surface area contributed by atoms with Crippen LogP contribution in [0.15, 0.2) is 91.0 Å². The van der Waals surface area contributed by atoms with Gasteiger partial charge < -0.3 is 4.90 Å². The number of fused-ring (bicyclic) bond motifs is 1. The SMILES string of the molecule is CN(c1ccc(C(C)(C)C)cc1)c1ccccc1-c1cccc2ccccc12. The monoisotopic (exact) mass is 365 g/mol. The molecule has 0 spiro atoms. The molecule has 4 rings (SSSR count). The number of rotatable bonds is 3. The van der Waals surface area contributed by atoms with Gasteiger partial charge in [0.1, 0.15) is 0 Å². The van der Waals surface area contributed by atoms with E-state index in [9.17, 15) is 0 Å². The molecule has 1 heteroatoms. The summed E-state index contributed by atoms with van der Waals surface area (Å²) in [7, 11) is 2.15. The number of anilines is 2. The molecule has 0 aliphatic rings. The molecule has 0 amide bonds. The zero-order valence-electron chi connectivity index (χ0n) is 17.1. The van der Waals surface area contributed by atoms with Crippen LogP contribution in [0, 0.1) is 0 Å². The van der Waals surface area contributed by atoms with E-state index < -0.39 is 0 Å². The van der Waals surface area contributed by atoms with Crippen LogP contribution in [0.5, 0.6) is 0 Å². The molecule has 140 valence electrons. The van der Waals surface area contributed by atoms with E-state index in [0.717, 1.165) is 0 Å². The van der Waals surface area contributed by atoms with Gasteiger partial charge in [-0.15, -0.1) is 0 Å². The molecule has 0 bridgehead atoms. The minimum atomic E-state index is 0.165. The molecule has 1 nitrogen and oxygen atoms in total. The highest BCUT2D eigenvalue weighted by molar-refractivity contribution is 6.00. The first kappa shape index (κ1) is 18.3. The van der Waals surface area contributed by atoms with E-state index in [-0.39, 0.29) is 5.41 Å². The van der Waals surface area contributed by atoms with E-state index in [1.165, 1.54) is 38.8 Å². The molecule has 0 aromatic heterocycles. The molecule has 0 radical (unpaired) electrons. The fourth-order valence-corrected chi connectivity index (χ4v) is 3.78. The van der Waals surface area contributed by atoms with Crippen molar-refractivity contribution >= 4 is 22.1 Å². The molecule has 0 aliphatic heterocycles. The van der Waals surface area contributed by atoms with Gasteiger partial charge in [0.2, 0.25) is 0 Å². The van der Waals surface area contributed by atoms with Crippen molar-refractivity contribution in [3.8, 4) is 11.1 Å². The number of nitrogens with zero attached hydrogens (tertiary/aromatic N) is 1. The maximum atomic E-state index is 2.28. The van der Waals surface area contributed by atoms with Crippen LogP contribution in [-0.4, -0.2) is 7.05 Å². The van der Waals surface area contributed by atoms with Gasteiger partial charge in [0.05, 0.1) is 0 Å². The van der Waals surface area contributed by atoms with Gasteiger partial charge in [-0.1, -0.05) is 93.6 Å². The highest BCUT2D eigenvalue weighted by Gasteiger charge is 2.15. The third-order valence-electron chi connectivity index (χ3n) is 5.47. The average molecular weight is 366 g/mol. The third kappa shape index (κ3) is 3.41. The van der Waals surface area contributed by atoms with Crippen molar-refractivity contribution in [1.82, 2.24) is 0 Å². The average Bonchev–Trinajstić information content (AvgIpc) is 2.72. The Hall–Kier alpha value is -3.06. The molecular formula is C27H27N. The van der Waals surface area contributed by atoms with Crippen LogP contribution in [0.25, 0.3) is 21.9 Å². The lowest BCUT2D eigenvalue weighted by molar-refractivity contribution is 0.590. The molecule has 4 aromatic rings. The lowest BCUT2D eigenvalue weighted by Crippen LogP contribution is -2.13. The van der Waals surface area contributed by atoms with Crippen LogP contribution in [0.3, 0.4) is 0 Å². The first-order valence-electron chi connectivity index (χ1n) is 9.86. The summed E-state index contributed by atoms with van der Waals surface area (Å²) < 4.78 is 0. The molecule has 0 heterocycles. The van der Waals surface area contributed by atoms with Crippen LogP contribution in [-0.2, 0) is 5.41 Å². The van der Waals surface area contributed by atoms with Crippen molar-refractivity contribution in [2.24, 2.45) is 0 Å². The summed E-state index contributed by atoms with van der Waals surface area (Å²) in [5.74, 6) is 0. The van der Waals surface area contributed by atoms with Crippen LogP contribution in [0.1, 0.15) is 26.3 Å². The lowest BCUT2D eigenvalue weighted by Gasteiger charge is -2.25. The fourth-order valence-electron chi connectivity index (χ4n) is 3.78. The number of hydrogen-bond acceptors (Lipinski definition) is 1. The summed E-state index contributed by atoms with van der Waals surface area (Å²) in [5, 5.41) is 2.56. The number of para-hydroxylation sites is 1. The molecule has 0 fully saturated rings. The number of benzene rings is 4. The molecule has 0 aliphatic carbocycles. The fraction of sp³-hybridized carbons (Fsp3) is 0.185. The second-order valence-corrected chi connectivity index (χ2v) is 8.40. The lowest BCUT2D eigenvalue weighted by atomic mass is 9.87. The highest BCUT2D eigenvalue weighted by atomic mass is 15.1. The molecule has 28 heavy (non-hydrogen) atoms. The largest absolute Gasteiger partial charge is 0.344 e. The Labute approximate surface area is 168 Å². The van der Waals surface area contributed by atoms with E-state index in [1.807, 2.05) is 0 Å². The smallest absolute Gasteiger partial charge is 0.0487 e. The van der Waals surface area contributed by atoms with Gasteiger partial charge in [0.15, 0.2) is 0 Å². The molecule has 0 atom stereocenters. The summed E-state index contributed by atoms with van der Waals surface area (Å²) >= 11 is 0. The number of hydrogen-bond donors (Lipinski definition) is 0. The van der Waals surface area contributed by atoms with E-state index in [2.05, 4.69) is 124 Å². The van der Waals surface area contributed by atoms with E-state index in [4.69, 9.17) is 0 Å². The van der Waals surface area contributed by atoms with Crippen LogP contribution in [0.2, 0.25) is 0 Å². The first-order chi connectivity index (χ1) is 13.4. The first-order valence-corrected chi connectivity index (χ1v) is 9.86. The Morgan fingerprint density at radius 3 is 1.96 bits per heavy atom.